The van der Waals surface area contributed by atoms with E-state index < -0.39 is 0 Å². The van der Waals surface area contributed by atoms with Crippen molar-refractivity contribution in [3.05, 3.63) is 46.6 Å². The zero-order valence-electron chi connectivity index (χ0n) is 14.2. The van der Waals surface area contributed by atoms with Gasteiger partial charge < -0.3 is 5.32 Å². The number of fused-ring (bicyclic) bond motifs is 2. The number of hydrogen-bond donors (Lipinski definition) is 1. The van der Waals surface area contributed by atoms with Crippen LogP contribution >= 0.6 is 0 Å². The molecule has 1 aliphatic heterocycles. The van der Waals surface area contributed by atoms with Gasteiger partial charge in [0, 0.05) is 18.5 Å². The molecule has 134 valence electrons. The molecule has 26 heavy (non-hydrogen) atoms. The third-order valence-electron chi connectivity index (χ3n) is 4.69. The molecule has 3 aromatic rings. The molecule has 2 aromatic heterocycles. The lowest BCUT2D eigenvalue weighted by Crippen LogP contribution is -2.35. The number of hydrogen-bond acceptors (Lipinski definition) is 6. The summed E-state index contributed by atoms with van der Waals surface area (Å²) in [4.78, 5) is 25.0. The molecule has 1 aromatic carbocycles. The molecule has 3 heterocycles. The third kappa shape index (κ3) is 3.07. The van der Waals surface area contributed by atoms with Crippen LogP contribution in [0, 0.1) is 0 Å². The predicted octanol–water partition coefficient (Wildman–Crippen LogP) is 0.467. The fourth-order valence-electron chi connectivity index (χ4n) is 3.30. The lowest BCUT2D eigenvalue weighted by atomic mass is 10.0. The second kappa shape index (κ2) is 7.03. The molecule has 4 rings (SSSR count). The van der Waals surface area contributed by atoms with E-state index in [9.17, 15) is 9.59 Å². The van der Waals surface area contributed by atoms with Crippen LogP contribution in [-0.4, -0.2) is 42.4 Å². The Balaban J connectivity index is 1.43. The Hall–Kier alpha value is -3.10. The summed E-state index contributed by atoms with van der Waals surface area (Å²) in [6.07, 6.45) is 4.28. The molecule has 0 fully saturated rings. The maximum atomic E-state index is 12.6. The van der Waals surface area contributed by atoms with Gasteiger partial charge in [-0.05, 0) is 29.3 Å². The molecule has 0 radical (unpaired) electrons. The van der Waals surface area contributed by atoms with E-state index in [-0.39, 0.29) is 17.4 Å². The van der Waals surface area contributed by atoms with E-state index in [0.29, 0.717) is 24.3 Å². The zero-order valence-corrected chi connectivity index (χ0v) is 14.2. The third-order valence-corrected chi connectivity index (χ3v) is 4.69. The lowest BCUT2D eigenvalue weighted by Gasteiger charge is -2.13. The molecule has 9 nitrogen and oxygen atoms in total. The molecule has 0 aliphatic carbocycles. The van der Waals surface area contributed by atoms with Crippen molar-refractivity contribution in [2.75, 3.05) is 6.54 Å². The van der Waals surface area contributed by atoms with Crippen molar-refractivity contribution in [2.45, 2.75) is 38.3 Å². The molecule has 1 N–H and O–H groups in total. The summed E-state index contributed by atoms with van der Waals surface area (Å²) >= 11 is 0. The fourth-order valence-corrected chi connectivity index (χ4v) is 3.30. The Kier molecular flexibility index (Phi) is 4.42. The molecule has 0 bridgehead atoms. The Labute approximate surface area is 149 Å². The summed E-state index contributed by atoms with van der Waals surface area (Å²) in [7, 11) is 0. The Morgan fingerprint density at radius 1 is 1.27 bits per heavy atom. The molecule has 1 aliphatic rings. The van der Waals surface area contributed by atoms with E-state index in [1.807, 2.05) is 18.2 Å². The van der Waals surface area contributed by atoms with Crippen molar-refractivity contribution >= 4 is 16.7 Å². The molecule has 1 amide bonds. The minimum Gasteiger partial charge on any atom is -0.354 e. The first-order valence-electron chi connectivity index (χ1n) is 8.72. The highest BCUT2D eigenvalue weighted by atomic mass is 16.2. The van der Waals surface area contributed by atoms with Gasteiger partial charge in [0.25, 0.3) is 5.56 Å². The standard InChI is InChI=1S/C17H19N7O2/c25-16(14-7-3-4-9-23-15(14)20-21-22-23)18-8-10-24-17(26)13-6-2-1-5-12(13)11-19-24/h1-2,5-6,11,14H,3-4,7-10H2,(H,18,25)/t14-/m1/s1. The average Bonchev–Trinajstić information content (AvgIpc) is 3.03. The van der Waals surface area contributed by atoms with E-state index in [1.54, 1.807) is 16.9 Å². The van der Waals surface area contributed by atoms with Crippen LogP contribution in [0.15, 0.2) is 35.3 Å². The molecular formula is C17H19N7O2. The summed E-state index contributed by atoms with van der Waals surface area (Å²) in [5, 5.41) is 20.1. The monoisotopic (exact) mass is 353 g/mol. The number of tetrazole rings is 1. The SMILES string of the molecule is O=C(NCCn1ncc2ccccc2c1=O)[C@@H]1CCCCn2nnnc21. The Morgan fingerprint density at radius 2 is 2.15 bits per heavy atom. The summed E-state index contributed by atoms with van der Waals surface area (Å²) < 4.78 is 3.08. The van der Waals surface area contributed by atoms with Gasteiger partial charge in [-0.2, -0.15) is 5.10 Å². The zero-order chi connectivity index (χ0) is 17.9. The number of amides is 1. The lowest BCUT2D eigenvalue weighted by molar-refractivity contribution is -0.122. The predicted molar refractivity (Wildman–Crippen MR) is 93.4 cm³/mol. The normalized spacial score (nSPS) is 16.8. The molecule has 1 atom stereocenters. The smallest absolute Gasteiger partial charge is 0.274 e. The van der Waals surface area contributed by atoms with Gasteiger partial charge in [-0.1, -0.05) is 24.6 Å². The average molecular weight is 353 g/mol. The van der Waals surface area contributed by atoms with Crippen LogP contribution < -0.4 is 10.9 Å². The molecule has 0 spiro atoms. The number of carbonyl (C=O) groups is 1. The number of aryl methyl sites for hydroxylation is 1. The van der Waals surface area contributed by atoms with Crippen molar-refractivity contribution < 1.29 is 4.79 Å². The summed E-state index contributed by atoms with van der Waals surface area (Å²) in [6, 6.07) is 7.33. The highest BCUT2D eigenvalue weighted by Gasteiger charge is 2.28. The molecular weight excluding hydrogens is 334 g/mol. The van der Waals surface area contributed by atoms with Crippen LogP contribution in [0.2, 0.25) is 0 Å². The van der Waals surface area contributed by atoms with Gasteiger partial charge in [0.05, 0.1) is 24.0 Å². The summed E-state index contributed by atoms with van der Waals surface area (Å²) in [6.45, 7) is 1.37. The van der Waals surface area contributed by atoms with E-state index in [1.165, 1.54) is 4.68 Å². The van der Waals surface area contributed by atoms with Gasteiger partial charge in [-0.25, -0.2) is 9.36 Å². The van der Waals surface area contributed by atoms with Gasteiger partial charge in [-0.3, -0.25) is 9.59 Å². The van der Waals surface area contributed by atoms with Gasteiger partial charge in [0.2, 0.25) is 5.91 Å². The van der Waals surface area contributed by atoms with E-state index in [2.05, 4.69) is 25.9 Å². The van der Waals surface area contributed by atoms with Gasteiger partial charge in [0.15, 0.2) is 5.82 Å². The van der Waals surface area contributed by atoms with E-state index >= 15 is 0 Å². The maximum Gasteiger partial charge on any atom is 0.274 e. The Morgan fingerprint density at radius 3 is 3.08 bits per heavy atom. The minimum absolute atomic E-state index is 0.114. The maximum absolute atomic E-state index is 12.6. The van der Waals surface area contributed by atoms with Crippen molar-refractivity contribution in [1.29, 1.82) is 0 Å². The number of carbonyl (C=O) groups excluding carboxylic acids is 1. The summed E-state index contributed by atoms with van der Waals surface area (Å²) in [5.74, 6) is 0.145. The number of rotatable bonds is 4. The topological polar surface area (TPSA) is 108 Å². The largest absolute Gasteiger partial charge is 0.354 e. The molecule has 9 heteroatoms. The van der Waals surface area contributed by atoms with Crippen LogP contribution in [0.1, 0.15) is 31.0 Å². The fraction of sp³-hybridized carbons (Fsp3) is 0.412. The second-order valence-corrected chi connectivity index (χ2v) is 6.36. The van der Waals surface area contributed by atoms with Crippen LogP contribution in [0.3, 0.4) is 0 Å². The van der Waals surface area contributed by atoms with Gasteiger partial charge in [-0.15, -0.1) is 5.10 Å². The van der Waals surface area contributed by atoms with Crippen LogP contribution in [0.4, 0.5) is 0 Å². The van der Waals surface area contributed by atoms with Crippen molar-refractivity contribution in [2.24, 2.45) is 0 Å². The molecule has 0 saturated heterocycles. The molecule has 0 saturated carbocycles. The summed E-state index contributed by atoms with van der Waals surface area (Å²) in [5.41, 5.74) is -0.157. The number of nitrogens with zero attached hydrogens (tertiary/aromatic N) is 6. The number of aromatic nitrogens is 6. The second-order valence-electron chi connectivity index (χ2n) is 6.36. The highest BCUT2D eigenvalue weighted by Crippen LogP contribution is 2.23. The van der Waals surface area contributed by atoms with Crippen LogP contribution in [-0.2, 0) is 17.9 Å². The quantitative estimate of drug-likeness (QED) is 0.730. The number of nitrogens with one attached hydrogen (secondary N) is 1. The first-order chi connectivity index (χ1) is 12.7. The van der Waals surface area contributed by atoms with Crippen LogP contribution in [0.25, 0.3) is 10.8 Å². The Bertz CT molecular complexity index is 994. The van der Waals surface area contributed by atoms with Crippen molar-refractivity contribution in [1.82, 2.24) is 35.3 Å². The molecule has 0 unspecified atom stereocenters. The van der Waals surface area contributed by atoms with E-state index in [0.717, 1.165) is 31.2 Å². The minimum atomic E-state index is -0.353. The van der Waals surface area contributed by atoms with Crippen molar-refractivity contribution in [3.63, 3.8) is 0 Å². The highest BCUT2D eigenvalue weighted by molar-refractivity contribution is 5.82. The van der Waals surface area contributed by atoms with Crippen LogP contribution in [0.5, 0.6) is 0 Å². The van der Waals surface area contributed by atoms with E-state index in [4.69, 9.17) is 0 Å². The number of benzene rings is 1. The van der Waals surface area contributed by atoms with Crippen molar-refractivity contribution in [3.8, 4) is 0 Å². The van der Waals surface area contributed by atoms with Gasteiger partial charge in [0.1, 0.15) is 0 Å². The first kappa shape index (κ1) is 16.4. The first-order valence-corrected chi connectivity index (χ1v) is 8.72. The van der Waals surface area contributed by atoms with Gasteiger partial charge >= 0.3 is 0 Å².